The number of fused-ring (bicyclic) bond motifs is 8. The molecule has 12 N–H and O–H groups in total. The number of aliphatic hydroxyl groups excluding tert-OH is 1. The van der Waals surface area contributed by atoms with E-state index >= 15 is 0 Å². The van der Waals surface area contributed by atoms with Crippen LogP contribution in [-0.2, 0) is 37.4 Å². The molecule has 29 nitrogen and oxygen atoms in total. The zero-order valence-corrected chi connectivity index (χ0v) is 81.2. The molecule has 1 amide bonds. The van der Waals surface area contributed by atoms with E-state index in [-0.39, 0.29) is 11.4 Å². The molecular weight excluding hydrogens is 2080 g/mol. The largest absolute Gasteiger partial charge is 0.493 e. The first-order chi connectivity index (χ1) is 58.8. The molecule has 0 unspecified atom stereocenters. The molecule has 0 spiro atoms. The maximum atomic E-state index is 12.1. The zero-order valence-electron chi connectivity index (χ0n) is 69.3. The number of ether oxygens (including phenoxy) is 7. The summed E-state index contributed by atoms with van der Waals surface area (Å²) in [5.74, 6) is 7.85. The van der Waals surface area contributed by atoms with E-state index in [1.807, 2.05) is 60.7 Å². The van der Waals surface area contributed by atoms with Crippen molar-refractivity contribution < 1.29 is 43.1 Å². The Morgan fingerprint density at radius 2 is 0.820 bits per heavy atom. The molecule has 648 valence electrons. The molecule has 1 saturated heterocycles. The molecule has 37 heteroatoms. The number of anilines is 4. The SMILES string of the molecule is CC(C)(C)NCCCn1c(Sc2cc3c(cc2[124I])OCCO3)nc2c(N)nccc21.CC(C)NCCCn1c(Sc2cc3c(cc2[124I])OCCO3)nc2c(N)nccc21.CC(C)NCCCn1c(Sc2cc3c(cc2[131I])OCCO3)nc2c(N)nccc21.C[C@H](O)C(=O)N1CCC(CCn2c(Sc3cc4c(cc3[131I])CCO4)nc3c(N)nccc32)CC1. The number of carbonyl (C=O) groups is 1. The standard InChI is InChI=1S/C24H28IN5O3S.C21H26IN5O2S.2C20H24IN5O2S/c1-14(31)23(32)29-8-3-15(4-9-29)5-10-30-18-2-7-27-22(26)21(18)28-24(30)34-20-13-19-16(6-11-33-19)12-17(20)25;1-21(2,3)25-6-4-8-27-14-5-7-24-19(23)18(14)26-20(27)30-17-12-16-15(11-13(17)22)28-9-10-29-16;2*1-12(2)23-5-3-7-26-14-4-6-24-19(22)18(14)25-20(26)29-17-11-16-15(10-13(17)21)27-8-9-28-16/h2,7,12-15,31H,3-6,8-11H2,1H3,(H2,26,27);5,7,11-12,25H,4,6,8-10H2,1-3H3,(H2,23,24);2*4,6,10-12,23H,3,5,7-9H2,1-2H3,(H2,22,24)/t14-;;;/m0.../s1/i25+4;22-3;21+4;21-3. The van der Waals surface area contributed by atoms with Crippen LogP contribution in [0, 0.1) is 20.2 Å². The third-order valence-electron chi connectivity index (χ3n) is 20.5. The summed E-state index contributed by atoms with van der Waals surface area (Å²) in [6.45, 7) is 28.5. The molecule has 5 aliphatic rings. The summed E-state index contributed by atoms with van der Waals surface area (Å²) in [4.78, 5) is 54.4. The van der Waals surface area contributed by atoms with E-state index in [0.29, 0.717) is 94.0 Å². The minimum atomic E-state index is -0.931. The number of nitrogens with two attached hydrogens (primary N) is 4. The van der Waals surface area contributed by atoms with E-state index in [1.165, 1.54) is 16.1 Å². The van der Waals surface area contributed by atoms with Gasteiger partial charge in [-0.2, -0.15) is 0 Å². The van der Waals surface area contributed by atoms with Gasteiger partial charge in [0.2, 0.25) is 0 Å². The van der Waals surface area contributed by atoms with E-state index in [9.17, 15) is 9.90 Å². The number of rotatable bonds is 26. The minimum Gasteiger partial charge on any atom is -0.493 e. The molecule has 4 aromatic carbocycles. The second kappa shape index (κ2) is 41.9. The lowest BCUT2D eigenvalue weighted by Crippen LogP contribution is -2.43. The van der Waals surface area contributed by atoms with Crippen LogP contribution >= 0.6 is 137 Å². The molecule has 0 radical (unpaired) electrons. The van der Waals surface area contributed by atoms with E-state index in [4.69, 9.17) is 76.0 Å². The summed E-state index contributed by atoms with van der Waals surface area (Å²) in [7, 11) is 0. The Morgan fingerprint density at radius 3 is 1.20 bits per heavy atom. The fourth-order valence-corrected chi connectivity index (χ4v) is 21.4. The van der Waals surface area contributed by atoms with Gasteiger partial charge in [0.1, 0.15) is 73.6 Å². The lowest BCUT2D eigenvalue weighted by molar-refractivity contribution is -0.140. The van der Waals surface area contributed by atoms with Crippen LogP contribution in [0.1, 0.15) is 99.5 Å². The van der Waals surface area contributed by atoms with Crippen LogP contribution in [0.3, 0.4) is 0 Å². The van der Waals surface area contributed by atoms with Crippen molar-refractivity contribution in [3.63, 3.8) is 0 Å². The summed E-state index contributed by atoms with van der Waals surface area (Å²) in [5.41, 5.74) is 32.8. The lowest BCUT2D eigenvalue weighted by Gasteiger charge is -2.32. The van der Waals surface area contributed by atoms with Gasteiger partial charge in [0.25, 0.3) is 5.91 Å². The molecule has 0 bridgehead atoms. The highest BCUT2D eigenvalue weighted by molar-refractivity contribution is 14.1. The van der Waals surface area contributed by atoms with Gasteiger partial charge in [0.15, 0.2) is 78.4 Å². The van der Waals surface area contributed by atoms with Crippen molar-refractivity contribution in [2.45, 2.75) is 190 Å². The van der Waals surface area contributed by atoms with Crippen LogP contribution in [0.15, 0.2) is 138 Å². The fourth-order valence-electron chi connectivity index (χ4n) is 14.4. The van der Waals surface area contributed by atoms with Crippen molar-refractivity contribution in [2.75, 3.05) is 102 Å². The number of likely N-dealkylation sites (tertiary alicyclic amines) is 1. The van der Waals surface area contributed by atoms with Crippen molar-refractivity contribution in [1.82, 2.24) is 79.0 Å². The number of carbonyl (C=O) groups excluding carboxylic acids is 1. The second-order valence-electron chi connectivity index (χ2n) is 31.3. The summed E-state index contributed by atoms with van der Waals surface area (Å²) in [6, 6.07) is 25.4. The van der Waals surface area contributed by atoms with Crippen LogP contribution in [0.2, 0.25) is 0 Å². The average Bonchev–Trinajstić information content (AvgIpc) is 1.69. The molecule has 5 aliphatic heterocycles. The number of aromatic nitrogens is 12. The average molecular weight is 2190 g/mol. The van der Waals surface area contributed by atoms with Gasteiger partial charge in [0, 0.05) is 122 Å². The highest BCUT2D eigenvalue weighted by atomic mass is 131. The first-order valence-corrected chi connectivity index (χ1v) is 48.4. The minimum absolute atomic E-state index is 0.101. The lowest BCUT2D eigenvalue weighted by atomic mass is 9.93. The number of aliphatic hydroxyl groups is 1. The number of hydrogen-bond donors (Lipinski definition) is 8. The fraction of sp³-hybridized carbons (Fsp3) is 0.424. The van der Waals surface area contributed by atoms with E-state index in [1.54, 1.807) is 76.7 Å². The Labute approximate surface area is 781 Å². The normalized spacial score (nSPS) is 14.5. The van der Waals surface area contributed by atoms with Gasteiger partial charge in [-0.25, -0.2) is 39.9 Å². The third-order valence-corrected chi connectivity index (χ3v) is 29.7. The molecule has 12 aromatic rings. The summed E-state index contributed by atoms with van der Waals surface area (Å²) in [5, 5.41) is 23.7. The maximum absolute atomic E-state index is 12.1. The Bertz CT molecular complexity index is 5540. The van der Waals surface area contributed by atoms with Crippen molar-refractivity contribution in [2.24, 2.45) is 5.92 Å². The number of amides is 1. The number of hydrogen-bond acceptors (Lipinski definition) is 28. The van der Waals surface area contributed by atoms with Crippen LogP contribution < -0.4 is 72.0 Å². The molecule has 0 saturated carbocycles. The van der Waals surface area contributed by atoms with Gasteiger partial charge in [-0.1, -0.05) is 74.7 Å². The van der Waals surface area contributed by atoms with Crippen molar-refractivity contribution in [3.05, 3.63) is 117 Å². The quantitative estimate of drug-likeness (QED) is 0.0184. The molecule has 1 fully saturated rings. The number of nitrogen functional groups attached to an aromatic ring is 4. The van der Waals surface area contributed by atoms with E-state index in [0.717, 1.165) is 233 Å². The first-order valence-electron chi connectivity index (χ1n) is 40.8. The van der Waals surface area contributed by atoms with E-state index in [2.05, 4.69) is 205 Å². The smallest absolute Gasteiger partial charge is 0.251 e. The number of nitrogens with zero attached hydrogens (tertiary/aromatic N) is 13. The Balaban J connectivity index is 0.000000133. The topological polar surface area (TPSA) is 368 Å². The molecule has 8 aromatic heterocycles. The molecule has 1 atom stereocenters. The highest BCUT2D eigenvalue weighted by Gasteiger charge is 2.29. The number of benzene rings is 4. The summed E-state index contributed by atoms with van der Waals surface area (Å²) >= 11 is 15.9. The predicted molar refractivity (Wildman–Crippen MR) is 517 cm³/mol. The number of aryl methyl sites for hydroxylation is 4. The Morgan fingerprint density at radius 1 is 0.484 bits per heavy atom. The third kappa shape index (κ3) is 22.8. The number of nitrogens with one attached hydrogen (secondary N) is 3. The van der Waals surface area contributed by atoms with Gasteiger partial charge in [-0.3, -0.25) is 4.79 Å². The van der Waals surface area contributed by atoms with Crippen LogP contribution in [-0.4, -0.2) is 177 Å². The number of pyridine rings is 4. The van der Waals surface area contributed by atoms with Gasteiger partial charge < -0.3 is 100 Å². The number of piperidine rings is 1. The Hall–Kier alpha value is -7.21. The number of imidazole rings is 4. The first kappa shape index (κ1) is 91.0. The molecular formula is C85H102I4N20O9S4. The van der Waals surface area contributed by atoms with Crippen molar-refractivity contribution in [3.8, 4) is 40.2 Å². The van der Waals surface area contributed by atoms with E-state index < -0.39 is 6.10 Å². The summed E-state index contributed by atoms with van der Waals surface area (Å²) < 4.78 is 53.6. The van der Waals surface area contributed by atoms with Crippen LogP contribution in [0.4, 0.5) is 23.3 Å². The van der Waals surface area contributed by atoms with Gasteiger partial charge in [0.05, 0.1) is 28.7 Å². The van der Waals surface area contributed by atoms with Crippen molar-refractivity contribution >= 4 is 211 Å². The van der Waals surface area contributed by atoms with Crippen molar-refractivity contribution in [1.29, 1.82) is 0 Å². The zero-order chi connectivity index (χ0) is 85.9. The second-order valence-corrected chi connectivity index (χ2v) is 40.0. The summed E-state index contributed by atoms with van der Waals surface area (Å²) in [6.07, 6.45) is 12.8. The maximum Gasteiger partial charge on any atom is 0.251 e. The van der Waals surface area contributed by atoms with Crippen LogP contribution in [0.25, 0.3) is 44.1 Å². The molecule has 17 rings (SSSR count). The Kier molecular flexibility index (Phi) is 31.3. The van der Waals surface area contributed by atoms with Gasteiger partial charge in [-0.05, 0) is 260 Å². The molecule has 0 aliphatic carbocycles. The highest BCUT2D eigenvalue weighted by Crippen LogP contribution is 2.46. The monoisotopic (exact) mass is 2180 g/mol. The molecule has 13 heterocycles. The van der Waals surface area contributed by atoms with Crippen LogP contribution in [0.5, 0.6) is 40.2 Å². The molecule has 122 heavy (non-hydrogen) atoms. The predicted octanol–water partition coefficient (Wildman–Crippen LogP) is 15.9. The number of halogens is 4. The van der Waals surface area contributed by atoms with Gasteiger partial charge >= 0.3 is 0 Å². The van der Waals surface area contributed by atoms with Gasteiger partial charge in [-0.15, -0.1) is 0 Å².